The summed E-state index contributed by atoms with van der Waals surface area (Å²) in [5.74, 6) is 0.825. The van der Waals surface area contributed by atoms with Crippen molar-refractivity contribution in [3.05, 3.63) is 77.6 Å². The molecule has 0 unspecified atom stereocenters. The highest BCUT2D eigenvalue weighted by Crippen LogP contribution is 2.18. The summed E-state index contributed by atoms with van der Waals surface area (Å²) in [6.45, 7) is 1.94. The van der Waals surface area contributed by atoms with Crippen LogP contribution in [-0.4, -0.2) is 43.3 Å². The van der Waals surface area contributed by atoms with Gasteiger partial charge in [-0.3, -0.25) is 4.90 Å². The first-order valence-corrected chi connectivity index (χ1v) is 11.9. The Labute approximate surface area is 179 Å². The Morgan fingerprint density at radius 1 is 1.03 bits per heavy atom. The molecule has 0 atom stereocenters. The molecule has 6 nitrogen and oxygen atoms in total. The summed E-state index contributed by atoms with van der Waals surface area (Å²) in [6, 6.07) is 18.2. The number of rotatable bonds is 10. The molecular weight excluding hydrogens is 398 g/mol. The monoisotopic (exact) mass is 427 g/mol. The lowest BCUT2D eigenvalue weighted by Gasteiger charge is -2.19. The summed E-state index contributed by atoms with van der Waals surface area (Å²) in [5, 5.41) is 0.139. The number of hydrogen-bond donors (Lipinski definition) is 0. The standard InChI is InChI=1S/C23H29N3O3S/c1-25(17-20-11-7-13-22(15-20)29-2)18-21-16-24-23(30(3,27)28)26(21)14-8-12-19-9-5-4-6-10-19/h4-7,9-11,13,15-16H,8,12,14,17-18H2,1-3H3. The van der Waals surface area contributed by atoms with E-state index in [4.69, 9.17) is 4.74 Å². The lowest BCUT2D eigenvalue weighted by Crippen LogP contribution is -2.21. The maximum atomic E-state index is 12.2. The van der Waals surface area contributed by atoms with Gasteiger partial charge in [-0.15, -0.1) is 0 Å². The van der Waals surface area contributed by atoms with Crippen LogP contribution in [0.4, 0.5) is 0 Å². The van der Waals surface area contributed by atoms with Crippen LogP contribution in [0.1, 0.15) is 23.2 Å². The van der Waals surface area contributed by atoms with E-state index in [0.717, 1.165) is 36.4 Å². The molecule has 0 bridgehead atoms. The number of imidazole rings is 1. The van der Waals surface area contributed by atoms with E-state index in [1.807, 2.05) is 48.0 Å². The number of sulfone groups is 1. The molecular formula is C23H29N3O3S. The molecule has 30 heavy (non-hydrogen) atoms. The van der Waals surface area contributed by atoms with Crippen LogP contribution >= 0.6 is 0 Å². The van der Waals surface area contributed by atoms with Crippen molar-refractivity contribution in [2.45, 2.75) is 37.6 Å². The van der Waals surface area contributed by atoms with Crippen LogP contribution in [0.5, 0.6) is 5.75 Å². The van der Waals surface area contributed by atoms with Crippen molar-refractivity contribution in [1.29, 1.82) is 0 Å². The highest BCUT2D eigenvalue weighted by molar-refractivity contribution is 7.90. The molecule has 0 amide bonds. The van der Waals surface area contributed by atoms with E-state index < -0.39 is 9.84 Å². The molecule has 1 heterocycles. The molecule has 0 saturated carbocycles. The van der Waals surface area contributed by atoms with Crippen LogP contribution in [-0.2, 0) is 35.9 Å². The first-order chi connectivity index (χ1) is 14.4. The zero-order chi connectivity index (χ0) is 21.6. The summed E-state index contributed by atoms with van der Waals surface area (Å²) in [7, 11) is 0.277. The lowest BCUT2D eigenvalue weighted by atomic mass is 10.1. The third kappa shape index (κ3) is 5.93. The number of methoxy groups -OCH3 is 1. The van der Waals surface area contributed by atoms with Crippen LogP contribution in [0.2, 0.25) is 0 Å². The Kier molecular flexibility index (Phi) is 7.29. The van der Waals surface area contributed by atoms with E-state index in [2.05, 4.69) is 28.1 Å². The van der Waals surface area contributed by atoms with Gasteiger partial charge in [-0.05, 0) is 43.1 Å². The zero-order valence-corrected chi connectivity index (χ0v) is 18.6. The second-order valence-corrected chi connectivity index (χ2v) is 9.48. The van der Waals surface area contributed by atoms with Gasteiger partial charge in [0, 0.05) is 25.9 Å². The summed E-state index contributed by atoms with van der Waals surface area (Å²) in [6.07, 6.45) is 4.63. The van der Waals surface area contributed by atoms with Gasteiger partial charge >= 0.3 is 0 Å². The Bertz CT molecular complexity index is 1060. The van der Waals surface area contributed by atoms with E-state index in [-0.39, 0.29) is 5.16 Å². The van der Waals surface area contributed by atoms with Crippen molar-refractivity contribution < 1.29 is 13.2 Å². The maximum absolute atomic E-state index is 12.2. The summed E-state index contributed by atoms with van der Waals surface area (Å²) in [5.41, 5.74) is 3.28. The van der Waals surface area contributed by atoms with Crippen LogP contribution < -0.4 is 4.74 Å². The van der Waals surface area contributed by atoms with Gasteiger partial charge in [0.25, 0.3) is 0 Å². The minimum absolute atomic E-state index is 0.139. The average Bonchev–Trinajstić information content (AvgIpc) is 3.11. The normalized spacial score (nSPS) is 11.7. The van der Waals surface area contributed by atoms with Gasteiger partial charge in [0.1, 0.15) is 5.75 Å². The molecule has 0 aliphatic rings. The molecule has 160 valence electrons. The molecule has 0 spiro atoms. The SMILES string of the molecule is COc1cccc(CN(C)Cc2cnc(S(C)(=O)=O)n2CCCc2ccccc2)c1. The third-order valence-corrected chi connectivity index (χ3v) is 5.93. The number of aryl methyl sites for hydroxylation is 1. The first-order valence-electron chi connectivity index (χ1n) is 9.96. The van der Waals surface area contributed by atoms with E-state index in [1.165, 1.54) is 11.8 Å². The quantitative estimate of drug-likeness (QED) is 0.495. The van der Waals surface area contributed by atoms with Crippen molar-refractivity contribution in [3.8, 4) is 5.75 Å². The second-order valence-electron chi connectivity index (χ2n) is 7.57. The fourth-order valence-corrected chi connectivity index (χ4v) is 4.41. The minimum atomic E-state index is -3.39. The second kappa shape index (κ2) is 9.91. The fraction of sp³-hybridized carbons (Fsp3) is 0.348. The Morgan fingerprint density at radius 3 is 2.47 bits per heavy atom. The Morgan fingerprint density at radius 2 is 1.77 bits per heavy atom. The first kappa shape index (κ1) is 22.1. The molecule has 0 radical (unpaired) electrons. The summed E-state index contributed by atoms with van der Waals surface area (Å²) in [4.78, 5) is 6.37. The molecule has 0 saturated heterocycles. The predicted octanol–water partition coefficient (Wildman–Crippen LogP) is 3.56. The highest BCUT2D eigenvalue weighted by atomic mass is 32.2. The molecule has 7 heteroatoms. The number of nitrogens with zero attached hydrogens (tertiary/aromatic N) is 3. The average molecular weight is 428 g/mol. The van der Waals surface area contributed by atoms with Crippen LogP contribution in [0.15, 0.2) is 66.0 Å². The number of benzene rings is 2. The fourth-order valence-electron chi connectivity index (χ4n) is 3.55. The number of aromatic nitrogens is 2. The Balaban J connectivity index is 1.72. The molecule has 0 N–H and O–H groups in total. The van der Waals surface area contributed by atoms with Crippen molar-refractivity contribution >= 4 is 9.84 Å². The molecule has 3 aromatic rings. The highest BCUT2D eigenvalue weighted by Gasteiger charge is 2.19. The van der Waals surface area contributed by atoms with Crippen LogP contribution in [0, 0.1) is 0 Å². The molecule has 0 aliphatic heterocycles. The van der Waals surface area contributed by atoms with Crippen molar-refractivity contribution in [3.63, 3.8) is 0 Å². The van der Waals surface area contributed by atoms with Gasteiger partial charge in [0.05, 0.1) is 19.0 Å². The maximum Gasteiger partial charge on any atom is 0.227 e. The predicted molar refractivity (Wildman–Crippen MR) is 118 cm³/mol. The topological polar surface area (TPSA) is 64.4 Å². The Hall–Kier alpha value is -2.64. The molecule has 0 aliphatic carbocycles. The smallest absolute Gasteiger partial charge is 0.227 e. The molecule has 0 fully saturated rings. The number of hydrogen-bond acceptors (Lipinski definition) is 5. The van der Waals surface area contributed by atoms with Crippen LogP contribution in [0.3, 0.4) is 0 Å². The van der Waals surface area contributed by atoms with Crippen molar-refractivity contribution in [1.82, 2.24) is 14.5 Å². The van der Waals surface area contributed by atoms with E-state index in [9.17, 15) is 8.42 Å². The van der Waals surface area contributed by atoms with Gasteiger partial charge in [0.15, 0.2) is 0 Å². The summed E-state index contributed by atoms with van der Waals surface area (Å²) >= 11 is 0. The van der Waals surface area contributed by atoms with Gasteiger partial charge in [-0.25, -0.2) is 13.4 Å². The third-order valence-electron chi connectivity index (χ3n) is 4.94. The van der Waals surface area contributed by atoms with Crippen LogP contribution in [0.25, 0.3) is 0 Å². The van der Waals surface area contributed by atoms with Gasteiger partial charge in [0.2, 0.25) is 15.0 Å². The summed E-state index contributed by atoms with van der Waals surface area (Å²) < 4.78 is 31.6. The van der Waals surface area contributed by atoms with E-state index in [0.29, 0.717) is 13.1 Å². The zero-order valence-electron chi connectivity index (χ0n) is 17.8. The van der Waals surface area contributed by atoms with Gasteiger partial charge in [-0.1, -0.05) is 42.5 Å². The largest absolute Gasteiger partial charge is 0.497 e. The van der Waals surface area contributed by atoms with E-state index in [1.54, 1.807) is 13.3 Å². The van der Waals surface area contributed by atoms with E-state index >= 15 is 0 Å². The van der Waals surface area contributed by atoms with Gasteiger partial charge < -0.3 is 9.30 Å². The molecule has 2 aromatic carbocycles. The van der Waals surface area contributed by atoms with Gasteiger partial charge in [-0.2, -0.15) is 0 Å². The number of ether oxygens (including phenoxy) is 1. The minimum Gasteiger partial charge on any atom is -0.497 e. The van der Waals surface area contributed by atoms with Crippen molar-refractivity contribution in [2.24, 2.45) is 0 Å². The molecule has 1 aromatic heterocycles. The molecule has 3 rings (SSSR count). The lowest BCUT2D eigenvalue weighted by molar-refractivity contribution is 0.306. The van der Waals surface area contributed by atoms with Crippen molar-refractivity contribution in [2.75, 3.05) is 20.4 Å².